The van der Waals surface area contributed by atoms with Gasteiger partial charge >= 0.3 is 0 Å². The van der Waals surface area contributed by atoms with Crippen molar-refractivity contribution in [3.8, 4) is 0 Å². The van der Waals surface area contributed by atoms with E-state index in [1.54, 1.807) is 11.8 Å². The van der Waals surface area contributed by atoms with Crippen LogP contribution in [0.5, 0.6) is 0 Å². The van der Waals surface area contributed by atoms with Gasteiger partial charge < -0.3 is 10.2 Å². The molecular weight excluding hydrogens is 292 g/mol. The molecule has 124 valence electrons. The Bertz CT molecular complexity index is 429. The maximum Gasteiger partial charge on any atom is 0.233 e. The number of nitrogens with one attached hydrogen (secondary N) is 1. The van der Waals surface area contributed by atoms with Gasteiger partial charge in [-0.05, 0) is 58.5 Å². The van der Waals surface area contributed by atoms with E-state index in [4.69, 9.17) is 0 Å². The first kappa shape index (κ1) is 19.0. The van der Waals surface area contributed by atoms with Gasteiger partial charge in [0.2, 0.25) is 5.91 Å². The predicted molar refractivity (Wildman–Crippen MR) is 96.5 cm³/mol. The minimum Gasteiger partial charge on any atom is -0.355 e. The highest BCUT2D eigenvalue weighted by Gasteiger charge is 2.13. The molecule has 0 aliphatic carbocycles. The Morgan fingerprint density at radius 3 is 2.41 bits per heavy atom. The maximum atomic E-state index is 12.1. The number of carbonyl (C=O) groups is 1. The first-order chi connectivity index (χ1) is 10.6. The quantitative estimate of drug-likeness (QED) is 0.526. The molecule has 0 heterocycles. The highest BCUT2D eigenvalue weighted by atomic mass is 32.2. The molecule has 0 aliphatic heterocycles. The van der Waals surface area contributed by atoms with E-state index < -0.39 is 0 Å². The van der Waals surface area contributed by atoms with Crippen LogP contribution in [0.1, 0.15) is 39.2 Å². The van der Waals surface area contributed by atoms with Crippen LogP contribution in [0, 0.1) is 6.92 Å². The smallest absolute Gasteiger partial charge is 0.233 e. The largest absolute Gasteiger partial charge is 0.355 e. The van der Waals surface area contributed by atoms with Gasteiger partial charge in [0.25, 0.3) is 0 Å². The molecule has 0 aromatic heterocycles. The third kappa shape index (κ3) is 7.32. The van der Waals surface area contributed by atoms with E-state index in [-0.39, 0.29) is 11.2 Å². The zero-order chi connectivity index (χ0) is 16.4. The topological polar surface area (TPSA) is 32.3 Å². The molecule has 0 fully saturated rings. The van der Waals surface area contributed by atoms with Crippen LogP contribution in [0.3, 0.4) is 0 Å². The number of unbranched alkanes of at least 4 members (excludes halogenated alkanes) is 1. The molecule has 0 saturated carbocycles. The minimum absolute atomic E-state index is 0.0505. The molecule has 1 unspecified atom stereocenters. The highest BCUT2D eigenvalue weighted by molar-refractivity contribution is 8.00. The van der Waals surface area contributed by atoms with Gasteiger partial charge in [0.15, 0.2) is 0 Å². The SMILES string of the molecule is CCN(CC)CCCCNC(=O)C(C)Sc1ccc(C)cc1. The number of thioether (sulfide) groups is 1. The number of amides is 1. The lowest BCUT2D eigenvalue weighted by Gasteiger charge is -2.17. The van der Waals surface area contributed by atoms with Crippen molar-refractivity contribution in [1.82, 2.24) is 10.2 Å². The monoisotopic (exact) mass is 322 g/mol. The molecule has 0 bridgehead atoms. The van der Waals surface area contributed by atoms with E-state index in [0.29, 0.717) is 0 Å². The van der Waals surface area contributed by atoms with E-state index in [2.05, 4.69) is 55.3 Å². The standard InChI is InChI=1S/C18H30N2OS/c1-5-20(6-2)14-8-7-13-19-18(21)16(4)22-17-11-9-15(3)10-12-17/h9-12,16H,5-8,13-14H2,1-4H3,(H,19,21). The van der Waals surface area contributed by atoms with Crippen LogP contribution in [-0.4, -0.2) is 42.2 Å². The van der Waals surface area contributed by atoms with Crippen LogP contribution in [0.15, 0.2) is 29.2 Å². The number of carbonyl (C=O) groups excluding carboxylic acids is 1. The van der Waals surface area contributed by atoms with Crippen molar-refractivity contribution in [3.05, 3.63) is 29.8 Å². The van der Waals surface area contributed by atoms with Crippen molar-refractivity contribution in [2.75, 3.05) is 26.2 Å². The van der Waals surface area contributed by atoms with Crippen molar-refractivity contribution >= 4 is 17.7 Å². The van der Waals surface area contributed by atoms with Crippen molar-refractivity contribution in [1.29, 1.82) is 0 Å². The highest BCUT2D eigenvalue weighted by Crippen LogP contribution is 2.23. The van der Waals surface area contributed by atoms with Gasteiger partial charge in [-0.1, -0.05) is 31.5 Å². The molecule has 0 saturated heterocycles. The first-order valence-corrected chi connectivity index (χ1v) is 9.18. The van der Waals surface area contributed by atoms with Crippen LogP contribution in [0.25, 0.3) is 0 Å². The zero-order valence-corrected chi connectivity index (χ0v) is 15.2. The summed E-state index contributed by atoms with van der Waals surface area (Å²) in [6.07, 6.45) is 2.19. The molecule has 1 aromatic rings. The zero-order valence-electron chi connectivity index (χ0n) is 14.4. The molecule has 1 rings (SSSR count). The number of nitrogens with zero attached hydrogens (tertiary/aromatic N) is 1. The fourth-order valence-corrected chi connectivity index (χ4v) is 3.12. The van der Waals surface area contributed by atoms with Gasteiger partial charge in [-0.3, -0.25) is 4.79 Å². The summed E-state index contributed by atoms with van der Waals surface area (Å²) in [5.41, 5.74) is 1.25. The summed E-state index contributed by atoms with van der Waals surface area (Å²) >= 11 is 1.62. The Morgan fingerprint density at radius 2 is 1.82 bits per heavy atom. The van der Waals surface area contributed by atoms with Gasteiger partial charge in [-0.15, -0.1) is 11.8 Å². The van der Waals surface area contributed by atoms with E-state index >= 15 is 0 Å². The minimum atomic E-state index is -0.0505. The molecule has 1 aromatic carbocycles. The number of aryl methyl sites for hydroxylation is 1. The van der Waals surface area contributed by atoms with Crippen molar-refractivity contribution in [2.45, 2.75) is 50.7 Å². The Labute approximate surface area is 139 Å². The fraction of sp³-hybridized carbons (Fsp3) is 0.611. The maximum absolute atomic E-state index is 12.1. The summed E-state index contributed by atoms with van der Waals surface area (Å²) in [5.74, 6) is 0.133. The van der Waals surface area contributed by atoms with Crippen molar-refractivity contribution in [3.63, 3.8) is 0 Å². The second kappa shape index (κ2) is 10.7. The lowest BCUT2D eigenvalue weighted by atomic mass is 10.2. The van der Waals surface area contributed by atoms with Gasteiger partial charge in [-0.25, -0.2) is 0 Å². The summed E-state index contributed by atoms with van der Waals surface area (Å²) in [6.45, 7) is 12.5. The van der Waals surface area contributed by atoms with Gasteiger partial charge in [0.05, 0.1) is 5.25 Å². The summed E-state index contributed by atoms with van der Waals surface area (Å²) < 4.78 is 0. The Balaban J connectivity index is 2.20. The summed E-state index contributed by atoms with van der Waals surface area (Å²) in [5, 5.41) is 3.00. The summed E-state index contributed by atoms with van der Waals surface area (Å²) in [4.78, 5) is 15.6. The molecule has 0 spiro atoms. The van der Waals surface area contributed by atoms with Crippen LogP contribution in [0.4, 0.5) is 0 Å². The number of rotatable bonds is 10. The molecule has 3 nitrogen and oxygen atoms in total. The number of hydrogen-bond acceptors (Lipinski definition) is 3. The van der Waals surface area contributed by atoms with E-state index in [1.807, 2.05) is 6.92 Å². The molecule has 1 amide bonds. The fourth-order valence-electron chi connectivity index (χ4n) is 2.23. The number of benzene rings is 1. The van der Waals surface area contributed by atoms with Crippen molar-refractivity contribution in [2.24, 2.45) is 0 Å². The molecule has 1 atom stereocenters. The Morgan fingerprint density at radius 1 is 1.18 bits per heavy atom. The van der Waals surface area contributed by atoms with Crippen LogP contribution in [-0.2, 0) is 4.79 Å². The van der Waals surface area contributed by atoms with Gasteiger partial charge in [0.1, 0.15) is 0 Å². The Hall–Kier alpha value is -1.00. The molecule has 22 heavy (non-hydrogen) atoms. The van der Waals surface area contributed by atoms with E-state index in [1.165, 1.54) is 5.56 Å². The lowest BCUT2D eigenvalue weighted by Crippen LogP contribution is -2.32. The second-order valence-corrected chi connectivity index (χ2v) is 7.01. The van der Waals surface area contributed by atoms with Crippen LogP contribution < -0.4 is 5.32 Å². The molecular formula is C18H30N2OS. The average Bonchev–Trinajstić information content (AvgIpc) is 2.52. The molecule has 4 heteroatoms. The number of hydrogen-bond donors (Lipinski definition) is 1. The van der Waals surface area contributed by atoms with Gasteiger partial charge in [0, 0.05) is 11.4 Å². The summed E-state index contributed by atoms with van der Waals surface area (Å²) in [7, 11) is 0. The third-order valence-corrected chi connectivity index (χ3v) is 4.91. The normalized spacial score (nSPS) is 12.4. The molecule has 0 radical (unpaired) electrons. The van der Waals surface area contributed by atoms with E-state index in [0.717, 1.165) is 43.9 Å². The Kier molecular flexibility index (Phi) is 9.25. The average molecular weight is 323 g/mol. The predicted octanol–water partition coefficient (Wildman–Crippen LogP) is 3.71. The lowest BCUT2D eigenvalue weighted by molar-refractivity contribution is -0.120. The van der Waals surface area contributed by atoms with Gasteiger partial charge in [-0.2, -0.15) is 0 Å². The van der Waals surface area contributed by atoms with E-state index in [9.17, 15) is 4.79 Å². The molecule has 1 N–H and O–H groups in total. The second-order valence-electron chi connectivity index (χ2n) is 5.60. The summed E-state index contributed by atoms with van der Waals surface area (Å²) in [6, 6.07) is 8.32. The van der Waals surface area contributed by atoms with Crippen LogP contribution >= 0.6 is 11.8 Å². The third-order valence-electron chi connectivity index (χ3n) is 3.80. The van der Waals surface area contributed by atoms with Crippen molar-refractivity contribution < 1.29 is 4.79 Å². The molecule has 0 aliphatic rings. The van der Waals surface area contributed by atoms with Crippen LogP contribution in [0.2, 0.25) is 0 Å². The first-order valence-electron chi connectivity index (χ1n) is 8.30.